The number of hydrogen-bond acceptors (Lipinski definition) is 6. The molecule has 252 valence electrons. The van der Waals surface area contributed by atoms with Gasteiger partial charge in [0.15, 0.2) is 0 Å². The zero-order valence-electron chi connectivity index (χ0n) is 29.9. The first kappa shape index (κ1) is 33.7. The number of esters is 2. The van der Waals surface area contributed by atoms with Gasteiger partial charge in [0.2, 0.25) is 0 Å². The number of hydrogen-bond donors (Lipinski definition) is 2. The van der Waals surface area contributed by atoms with Crippen molar-refractivity contribution in [2.24, 2.45) is 11.3 Å². The predicted octanol–water partition coefficient (Wildman–Crippen LogP) is 8.45. The van der Waals surface area contributed by atoms with Crippen molar-refractivity contribution >= 4 is 28.3 Å². The summed E-state index contributed by atoms with van der Waals surface area (Å²) < 4.78 is 12.6. The normalized spacial score (nSPS) is 28.1. The van der Waals surface area contributed by atoms with Crippen molar-refractivity contribution in [3.63, 3.8) is 0 Å². The van der Waals surface area contributed by atoms with Gasteiger partial charge >= 0.3 is 11.9 Å². The number of fused-ring (bicyclic) bond motifs is 2. The molecule has 4 aliphatic rings. The third-order valence-electron chi connectivity index (χ3n) is 10.7. The first-order valence-electron chi connectivity index (χ1n) is 17.5. The number of piperidine rings is 2. The molecule has 2 aliphatic carbocycles. The summed E-state index contributed by atoms with van der Waals surface area (Å²) in [5.41, 5.74) is 2.67. The van der Waals surface area contributed by atoms with Gasteiger partial charge in [-0.05, 0) is 109 Å². The molecule has 0 bridgehead atoms. The molecule has 2 fully saturated rings. The molecule has 2 N–H and O–H groups in total. The second-order valence-corrected chi connectivity index (χ2v) is 17.4. The number of benzene rings is 2. The molecule has 6 heteroatoms. The van der Waals surface area contributed by atoms with Crippen molar-refractivity contribution in [1.82, 2.24) is 10.6 Å². The van der Waals surface area contributed by atoms with E-state index in [0.717, 1.165) is 66.0 Å². The quantitative estimate of drug-likeness (QED) is 0.320. The van der Waals surface area contributed by atoms with Crippen molar-refractivity contribution in [1.29, 1.82) is 0 Å². The van der Waals surface area contributed by atoms with Gasteiger partial charge < -0.3 is 20.1 Å². The molecular formula is C41H54N2O4. The van der Waals surface area contributed by atoms with E-state index in [2.05, 4.69) is 102 Å². The van der Waals surface area contributed by atoms with Crippen LogP contribution < -0.4 is 10.6 Å². The van der Waals surface area contributed by atoms with E-state index in [9.17, 15) is 9.59 Å². The number of carbonyl (C=O) groups excluding carboxylic acids is 2. The molecule has 2 heterocycles. The van der Waals surface area contributed by atoms with E-state index in [4.69, 9.17) is 9.47 Å². The van der Waals surface area contributed by atoms with E-state index in [1.54, 1.807) is 0 Å². The highest BCUT2D eigenvalue weighted by Gasteiger charge is 2.48. The first-order chi connectivity index (χ1) is 21.9. The molecule has 0 radical (unpaired) electrons. The zero-order valence-corrected chi connectivity index (χ0v) is 29.9. The summed E-state index contributed by atoms with van der Waals surface area (Å²) in [6.07, 6.45) is 13.2. The van der Waals surface area contributed by atoms with Crippen LogP contribution in [0, 0.1) is 11.3 Å². The summed E-state index contributed by atoms with van der Waals surface area (Å²) in [5, 5.41) is 9.24. The van der Waals surface area contributed by atoms with Gasteiger partial charge in [-0.1, -0.05) is 54.6 Å². The van der Waals surface area contributed by atoms with E-state index in [-0.39, 0.29) is 52.2 Å². The Labute approximate surface area is 281 Å². The van der Waals surface area contributed by atoms with Gasteiger partial charge in [0.25, 0.3) is 0 Å². The lowest BCUT2D eigenvalue weighted by molar-refractivity contribution is -0.164. The van der Waals surface area contributed by atoms with Gasteiger partial charge in [-0.3, -0.25) is 4.79 Å². The average Bonchev–Trinajstić information content (AvgIpc) is 2.93. The number of carbonyl (C=O) groups is 2. The topological polar surface area (TPSA) is 76.7 Å². The van der Waals surface area contributed by atoms with Crippen molar-refractivity contribution in [2.75, 3.05) is 0 Å². The lowest BCUT2D eigenvalue weighted by Gasteiger charge is -2.47. The molecule has 0 aromatic heterocycles. The Balaban J connectivity index is 1.30. The smallest absolute Gasteiger partial charge is 0.339 e. The largest absolute Gasteiger partial charge is 0.462 e. The molecule has 2 atom stereocenters. The van der Waals surface area contributed by atoms with E-state index >= 15 is 0 Å². The number of nitrogens with one attached hydrogen (secondary N) is 2. The summed E-state index contributed by atoms with van der Waals surface area (Å²) >= 11 is 0. The van der Waals surface area contributed by atoms with Crippen LogP contribution in [-0.4, -0.2) is 46.3 Å². The molecule has 2 aromatic rings. The van der Waals surface area contributed by atoms with Gasteiger partial charge in [-0.15, -0.1) is 0 Å². The van der Waals surface area contributed by atoms with Crippen LogP contribution in [0.25, 0.3) is 16.3 Å². The van der Waals surface area contributed by atoms with Gasteiger partial charge in [0.1, 0.15) is 12.2 Å². The van der Waals surface area contributed by atoms with Crippen LogP contribution in [0.2, 0.25) is 0 Å². The molecule has 2 unspecified atom stereocenters. The Morgan fingerprint density at radius 2 is 1.26 bits per heavy atom. The average molecular weight is 639 g/mol. The fraction of sp³-hybridized carbons (Fsp3) is 0.561. The Morgan fingerprint density at radius 3 is 1.85 bits per heavy atom. The summed E-state index contributed by atoms with van der Waals surface area (Å²) in [5.74, 6) is -0.424. The van der Waals surface area contributed by atoms with Crippen molar-refractivity contribution in [3.8, 4) is 0 Å². The maximum Gasteiger partial charge on any atom is 0.339 e. The van der Waals surface area contributed by atoms with Crippen LogP contribution in [0.1, 0.15) is 117 Å². The van der Waals surface area contributed by atoms with Crippen molar-refractivity contribution < 1.29 is 19.1 Å². The fourth-order valence-electron chi connectivity index (χ4n) is 9.40. The number of rotatable bonds is 5. The highest BCUT2D eigenvalue weighted by molar-refractivity contribution is 6.09. The van der Waals surface area contributed by atoms with E-state index in [1.165, 1.54) is 0 Å². The van der Waals surface area contributed by atoms with Gasteiger partial charge in [0, 0.05) is 53.8 Å². The molecule has 0 spiro atoms. The van der Waals surface area contributed by atoms with Crippen LogP contribution in [0.5, 0.6) is 0 Å². The molecule has 6 rings (SSSR count). The van der Waals surface area contributed by atoms with Crippen molar-refractivity contribution in [3.05, 3.63) is 77.4 Å². The minimum atomic E-state index is -0.765. The second kappa shape index (κ2) is 11.7. The van der Waals surface area contributed by atoms with E-state index in [1.807, 2.05) is 31.2 Å². The van der Waals surface area contributed by atoms with E-state index in [0.29, 0.717) is 5.56 Å². The van der Waals surface area contributed by atoms with Crippen LogP contribution in [0.3, 0.4) is 0 Å². The Morgan fingerprint density at radius 1 is 0.702 bits per heavy atom. The van der Waals surface area contributed by atoms with E-state index < -0.39 is 5.41 Å². The van der Waals surface area contributed by atoms with Crippen molar-refractivity contribution in [2.45, 2.75) is 135 Å². The Hall–Kier alpha value is -3.22. The molecular weight excluding hydrogens is 584 g/mol. The maximum atomic E-state index is 14.1. The van der Waals surface area contributed by atoms with Gasteiger partial charge in [-0.25, -0.2) is 4.79 Å². The Bertz CT molecular complexity index is 1640. The second-order valence-electron chi connectivity index (χ2n) is 17.4. The molecule has 6 nitrogen and oxygen atoms in total. The molecule has 47 heavy (non-hydrogen) atoms. The molecule has 0 amide bonds. The highest BCUT2D eigenvalue weighted by atomic mass is 16.5. The summed E-state index contributed by atoms with van der Waals surface area (Å²) in [4.78, 5) is 27.8. The standard InChI is InChI=1S/C41H54N2O4/c1-37(2)22-26(23-38(3,4)42-37)46-35(44)33-19-18-30(28-14-10-11-15-29(28)33)31-20-21-41(9,34-17-13-12-16-32(31)34)36(45)47-27-24-39(5,6)43-40(7,8)25-27/h10-12,14-16,18-21,26-27,34,42-43H,13,17,22-25H2,1-9H3. The maximum absolute atomic E-state index is 14.1. The van der Waals surface area contributed by atoms with Crippen LogP contribution in [0.15, 0.2) is 66.3 Å². The molecule has 0 saturated carbocycles. The van der Waals surface area contributed by atoms with Gasteiger partial charge in [0.05, 0.1) is 11.0 Å². The third kappa shape index (κ3) is 6.87. The van der Waals surface area contributed by atoms with Crippen LogP contribution >= 0.6 is 0 Å². The SMILES string of the molecule is CC1(C)CC(OC(=O)c2ccc(C3=C4C=CCCC4C(C)(C(=O)OC4CC(C)(C)NC(C)(C)C4)C=C3)c3ccccc23)CC(C)(C)N1. The molecule has 2 saturated heterocycles. The predicted molar refractivity (Wildman–Crippen MR) is 190 cm³/mol. The lowest BCUT2D eigenvalue weighted by atomic mass is 9.64. The van der Waals surface area contributed by atoms with Crippen LogP contribution in [0.4, 0.5) is 0 Å². The minimum Gasteiger partial charge on any atom is -0.462 e. The first-order valence-corrected chi connectivity index (χ1v) is 17.5. The molecule has 2 aliphatic heterocycles. The highest BCUT2D eigenvalue weighted by Crippen LogP contribution is 2.49. The van der Waals surface area contributed by atoms with Crippen LogP contribution in [-0.2, 0) is 14.3 Å². The fourth-order valence-corrected chi connectivity index (χ4v) is 9.40. The Kier molecular flexibility index (Phi) is 8.41. The van der Waals surface area contributed by atoms with Gasteiger partial charge in [-0.2, -0.15) is 0 Å². The third-order valence-corrected chi connectivity index (χ3v) is 10.7. The lowest BCUT2D eigenvalue weighted by Crippen LogP contribution is -2.60. The summed E-state index contributed by atoms with van der Waals surface area (Å²) in [6, 6.07) is 12.1. The number of allylic oxidation sites excluding steroid dienone is 5. The summed E-state index contributed by atoms with van der Waals surface area (Å²) in [6.45, 7) is 19.4. The number of ether oxygens (including phenoxy) is 2. The summed E-state index contributed by atoms with van der Waals surface area (Å²) in [7, 11) is 0. The zero-order chi connectivity index (χ0) is 34.0. The monoisotopic (exact) mass is 638 g/mol. The minimum absolute atomic E-state index is 0.00207. The molecule has 2 aromatic carbocycles.